The van der Waals surface area contributed by atoms with Gasteiger partial charge >= 0.3 is 11.8 Å². The largest absolute Gasteiger partial charge is 0.348 e. The molecule has 154 valence electrons. The summed E-state index contributed by atoms with van der Waals surface area (Å²) in [6, 6.07) is 8.05. The predicted molar refractivity (Wildman–Crippen MR) is 115 cm³/mol. The van der Waals surface area contributed by atoms with E-state index in [-0.39, 0.29) is 0 Å². The Hall–Kier alpha value is -2.73. The minimum absolute atomic E-state index is 0.403. The van der Waals surface area contributed by atoms with Crippen LogP contribution in [0.1, 0.15) is 35.1 Å². The zero-order valence-electron chi connectivity index (χ0n) is 17.5. The van der Waals surface area contributed by atoms with E-state index in [0.29, 0.717) is 12.5 Å². The second-order valence-corrected chi connectivity index (χ2v) is 8.02. The standard InChI is InChI=1S/C23H30N4O2/c1-16-11-17(2)21(18(3)12-16)26-23(29)22(28)25-14-19-6-9-27(10-7-19)15-20-5-4-8-24-13-20/h4-5,8,11-13,19H,6-7,9-10,14-15H2,1-3H3,(H,25,28)(H,26,29). The van der Waals surface area contributed by atoms with Crippen molar-refractivity contribution in [2.24, 2.45) is 5.92 Å². The maximum absolute atomic E-state index is 12.3. The summed E-state index contributed by atoms with van der Waals surface area (Å²) in [7, 11) is 0. The van der Waals surface area contributed by atoms with Gasteiger partial charge in [0.15, 0.2) is 0 Å². The highest BCUT2D eigenvalue weighted by Gasteiger charge is 2.22. The van der Waals surface area contributed by atoms with Gasteiger partial charge < -0.3 is 10.6 Å². The third-order valence-corrected chi connectivity index (χ3v) is 5.51. The number of nitrogens with one attached hydrogen (secondary N) is 2. The van der Waals surface area contributed by atoms with Crippen LogP contribution in [0.4, 0.5) is 5.69 Å². The van der Waals surface area contributed by atoms with E-state index in [1.165, 1.54) is 5.56 Å². The molecule has 6 nitrogen and oxygen atoms in total. The van der Waals surface area contributed by atoms with Crippen molar-refractivity contribution in [1.82, 2.24) is 15.2 Å². The number of amides is 2. The molecule has 0 bridgehead atoms. The van der Waals surface area contributed by atoms with Gasteiger partial charge in [-0.3, -0.25) is 19.5 Å². The van der Waals surface area contributed by atoms with Crippen LogP contribution in [-0.4, -0.2) is 41.3 Å². The quantitative estimate of drug-likeness (QED) is 0.765. The fourth-order valence-electron chi connectivity index (χ4n) is 3.96. The molecule has 0 unspecified atom stereocenters. The average Bonchev–Trinajstić information content (AvgIpc) is 2.70. The van der Waals surface area contributed by atoms with Crippen LogP contribution >= 0.6 is 0 Å². The minimum atomic E-state index is -0.603. The molecule has 0 saturated carbocycles. The maximum atomic E-state index is 12.3. The number of aromatic nitrogens is 1. The molecule has 2 amide bonds. The van der Waals surface area contributed by atoms with E-state index in [4.69, 9.17) is 0 Å². The summed E-state index contributed by atoms with van der Waals surface area (Å²) in [5, 5.41) is 5.57. The van der Waals surface area contributed by atoms with E-state index in [0.717, 1.165) is 54.9 Å². The van der Waals surface area contributed by atoms with Gasteiger partial charge in [0.2, 0.25) is 0 Å². The number of aryl methyl sites for hydroxylation is 3. The topological polar surface area (TPSA) is 74.3 Å². The van der Waals surface area contributed by atoms with Gasteiger partial charge in [-0.15, -0.1) is 0 Å². The van der Waals surface area contributed by atoms with E-state index in [2.05, 4.69) is 26.6 Å². The molecular weight excluding hydrogens is 364 g/mol. The van der Waals surface area contributed by atoms with Crippen molar-refractivity contribution in [3.8, 4) is 0 Å². The van der Waals surface area contributed by atoms with Crippen LogP contribution in [0.5, 0.6) is 0 Å². The Morgan fingerprint density at radius 3 is 2.41 bits per heavy atom. The molecule has 0 spiro atoms. The number of hydrogen-bond acceptors (Lipinski definition) is 4. The number of hydrogen-bond donors (Lipinski definition) is 2. The number of nitrogens with zero attached hydrogens (tertiary/aromatic N) is 2. The smallest absolute Gasteiger partial charge is 0.313 e. The molecule has 1 aromatic heterocycles. The number of rotatable bonds is 5. The lowest BCUT2D eigenvalue weighted by molar-refractivity contribution is -0.136. The van der Waals surface area contributed by atoms with Crippen molar-refractivity contribution >= 4 is 17.5 Å². The first-order valence-electron chi connectivity index (χ1n) is 10.2. The van der Waals surface area contributed by atoms with Crippen LogP contribution in [0.25, 0.3) is 0 Å². The Morgan fingerprint density at radius 2 is 1.79 bits per heavy atom. The van der Waals surface area contributed by atoms with Gasteiger partial charge in [0.05, 0.1) is 0 Å². The van der Waals surface area contributed by atoms with Gasteiger partial charge in [0.1, 0.15) is 0 Å². The van der Waals surface area contributed by atoms with Crippen LogP contribution in [0, 0.1) is 26.7 Å². The minimum Gasteiger partial charge on any atom is -0.348 e. The number of anilines is 1. The van der Waals surface area contributed by atoms with E-state index in [9.17, 15) is 9.59 Å². The van der Waals surface area contributed by atoms with Crippen molar-refractivity contribution in [1.29, 1.82) is 0 Å². The van der Waals surface area contributed by atoms with Crippen LogP contribution < -0.4 is 10.6 Å². The van der Waals surface area contributed by atoms with Crippen LogP contribution in [0.3, 0.4) is 0 Å². The molecule has 1 aliphatic rings. The van der Waals surface area contributed by atoms with Crippen molar-refractivity contribution < 1.29 is 9.59 Å². The Kier molecular flexibility index (Phi) is 6.99. The Labute approximate surface area is 172 Å². The van der Waals surface area contributed by atoms with Gasteiger partial charge in [-0.05, 0) is 75.4 Å². The van der Waals surface area contributed by atoms with Gasteiger partial charge in [0, 0.05) is 31.2 Å². The number of carbonyl (C=O) groups is 2. The summed E-state index contributed by atoms with van der Waals surface area (Å²) in [4.78, 5) is 31.1. The summed E-state index contributed by atoms with van der Waals surface area (Å²) >= 11 is 0. The molecule has 2 aromatic rings. The third-order valence-electron chi connectivity index (χ3n) is 5.51. The first-order chi connectivity index (χ1) is 13.9. The monoisotopic (exact) mass is 394 g/mol. The number of pyridine rings is 1. The van der Waals surface area contributed by atoms with Crippen LogP contribution in [0.15, 0.2) is 36.7 Å². The molecule has 1 fully saturated rings. The molecule has 0 aliphatic carbocycles. The third kappa shape index (κ3) is 5.87. The fourth-order valence-corrected chi connectivity index (χ4v) is 3.96. The van der Waals surface area contributed by atoms with E-state index in [1.807, 2.05) is 45.2 Å². The molecular formula is C23H30N4O2. The molecule has 2 heterocycles. The van der Waals surface area contributed by atoms with Gasteiger partial charge in [0.25, 0.3) is 0 Å². The lowest BCUT2D eigenvalue weighted by Gasteiger charge is -2.31. The molecule has 29 heavy (non-hydrogen) atoms. The summed E-state index contributed by atoms with van der Waals surface area (Å²) in [6.45, 7) is 9.32. The Bertz CT molecular complexity index is 835. The summed E-state index contributed by atoms with van der Waals surface area (Å²) < 4.78 is 0. The fraction of sp³-hybridized carbons (Fsp3) is 0.435. The highest BCUT2D eigenvalue weighted by Crippen LogP contribution is 2.22. The highest BCUT2D eigenvalue weighted by atomic mass is 16.2. The number of carbonyl (C=O) groups excluding carboxylic acids is 2. The SMILES string of the molecule is Cc1cc(C)c(NC(=O)C(=O)NCC2CCN(Cc3cccnc3)CC2)c(C)c1. The van der Waals surface area contributed by atoms with E-state index in [1.54, 1.807) is 6.20 Å². The molecule has 0 atom stereocenters. The molecule has 0 radical (unpaired) electrons. The Balaban J connectivity index is 1.42. The number of benzene rings is 1. The second-order valence-electron chi connectivity index (χ2n) is 8.02. The predicted octanol–water partition coefficient (Wildman–Crippen LogP) is 2.97. The summed E-state index contributed by atoms with van der Waals surface area (Å²) in [5.41, 5.74) is 5.00. The van der Waals surface area contributed by atoms with Crippen LogP contribution in [0.2, 0.25) is 0 Å². The molecule has 3 rings (SSSR count). The first kappa shape index (κ1) is 21.0. The molecule has 6 heteroatoms. The second kappa shape index (κ2) is 9.65. The molecule has 1 aromatic carbocycles. The van der Waals surface area contributed by atoms with Crippen molar-refractivity contribution in [2.45, 2.75) is 40.2 Å². The van der Waals surface area contributed by atoms with Gasteiger partial charge in [-0.25, -0.2) is 0 Å². The zero-order valence-corrected chi connectivity index (χ0v) is 17.5. The van der Waals surface area contributed by atoms with Gasteiger partial charge in [-0.1, -0.05) is 23.8 Å². The Morgan fingerprint density at radius 1 is 1.10 bits per heavy atom. The van der Waals surface area contributed by atoms with Crippen molar-refractivity contribution in [3.63, 3.8) is 0 Å². The van der Waals surface area contributed by atoms with Crippen LogP contribution in [-0.2, 0) is 16.1 Å². The average molecular weight is 395 g/mol. The maximum Gasteiger partial charge on any atom is 0.313 e. The lowest BCUT2D eigenvalue weighted by atomic mass is 9.96. The summed E-state index contributed by atoms with van der Waals surface area (Å²) in [6.07, 6.45) is 5.72. The van der Waals surface area contributed by atoms with E-state index >= 15 is 0 Å². The summed E-state index contributed by atoms with van der Waals surface area (Å²) in [5.74, 6) is -0.768. The van der Waals surface area contributed by atoms with Crippen molar-refractivity contribution in [2.75, 3.05) is 25.0 Å². The lowest BCUT2D eigenvalue weighted by Crippen LogP contribution is -2.41. The molecule has 1 saturated heterocycles. The molecule has 2 N–H and O–H groups in total. The van der Waals surface area contributed by atoms with Gasteiger partial charge in [-0.2, -0.15) is 0 Å². The number of piperidine rings is 1. The molecule has 1 aliphatic heterocycles. The number of likely N-dealkylation sites (tertiary alicyclic amines) is 1. The first-order valence-corrected chi connectivity index (χ1v) is 10.2. The normalized spacial score (nSPS) is 15.1. The van der Waals surface area contributed by atoms with E-state index < -0.39 is 11.8 Å². The zero-order chi connectivity index (χ0) is 20.8. The van der Waals surface area contributed by atoms with Crippen molar-refractivity contribution in [3.05, 3.63) is 58.9 Å². The highest BCUT2D eigenvalue weighted by molar-refractivity contribution is 6.39.